The Labute approximate surface area is 96.9 Å². The Balaban J connectivity index is 2.66. The topological polar surface area (TPSA) is 46.6 Å². The molecule has 1 amide bonds. The van der Waals surface area contributed by atoms with Crippen LogP contribution < -0.4 is 0 Å². The minimum absolute atomic E-state index is 0.0569. The lowest BCUT2D eigenvalue weighted by atomic mass is 9.94. The zero-order valence-electron chi connectivity index (χ0n) is 10.7. The average molecular weight is 227 g/mol. The van der Waals surface area contributed by atoms with E-state index >= 15 is 0 Å². The van der Waals surface area contributed by atoms with Crippen LogP contribution in [-0.2, 0) is 9.53 Å². The molecule has 0 spiro atoms. The van der Waals surface area contributed by atoms with Gasteiger partial charge in [-0.25, -0.2) is 4.79 Å². The number of piperidine rings is 1. The molecule has 2 atom stereocenters. The van der Waals surface area contributed by atoms with E-state index in [-0.39, 0.29) is 23.8 Å². The summed E-state index contributed by atoms with van der Waals surface area (Å²) in [6.45, 7) is 9.73. The van der Waals surface area contributed by atoms with Crippen molar-refractivity contribution in [1.29, 1.82) is 0 Å². The lowest BCUT2D eigenvalue weighted by Gasteiger charge is -2.36. The first-order chi connectivity index (χ1) is 7.20. The summed E-state index contributed by atoms with van der Waals surface area (Å²) in [4.78, 5) is 25.0. The van der Waals surface area contributed by atoms with Gasteiger partial charge in [0.15, 0.2) is 0 Å². The number of ketones is 1. The van der Waals surface area contributed by atoms with E-state index in [1.165, 1.54) is 0 Å². The highest BCUT2D eigenvalue weighted by molar-refractivity contribution is 5.84. The standard InChI is InChI=1S/C12H21NO3/c1-8-7-13(9(2)6-10(8)14)11(15)16-12(3,4)5/h8-9H,6-7H2,1-5H3/t8-,9-/m0/s1. The molecule has 92 valence electrons. The fourth-order valence-corrected chi connectivity index (χ4v) is 1.75. The van der Waals surface area contributed by atoms with E-state index in [0.29, 0.717) is 13.0 Å². The number of Topliss-reactive ketones (excluding diaryl/α,β-unsaturated/α-hetero) is 1. The van der Waals surface area contributed by atoms with Crippen molar-refractivity contribution in [3.63, 3.8) is 0 Å². The first kappa shape index (κ1) is 13.0. The average Bonchev–Trinajstić information content (AvgIpc) is 2.08. The maximum absolute atomic E-state index is 11.9. The second kappa shape index (κ2) is 4.44. The Bertz CT molecular complexity index is 293. The minimum atomic E-state index is -0.485. The van der Waals surface area contributed by atoms with E-state index in [4.69, 9.17) is 4.74 Å². The molecule has 1 heterocycles. The molecule has 1 fully saturated rings. The third-order valence-electron chi connectivity index (χ3n) is 2.68. The van der Waals surface area contributed by atoms with Gasteiger partial charge in [0.1, 0.15) is 11.4 Å². The minimum Gasteiger partial charge on any atom is -0.444 e. The van der Waals surface area contributed by atoms with E-state index in [2.05, 4.69) is 0 Å². The quantitative estimate of drug-likeness (QED) is 0.637. The number of likely N-dealkylation sites (tertiary alicyclic amines) is 1. The van der Waals surface area contributed by atoms with Gasteiger partial charge in [0.2, 0.25) is 0 Å². The summed E-state index contributed by atoms with van der Waals surface area (Å²) in [6, 6.07) is -0.0569. The highest BCUT2D eigenvalue weighted by Crippen LogP contribution is 2.21. The molecule has 0 aliphatic carbocycles. The molecular formula is C12H21NO3. The van der Waals surface area contributed by atoms with Crippen LogP contribution in [0.3, 0.4) is 0 Å². The summed E-state index contributed by atoms with van der Waals surface area (Å²) < 4.78 is 5.31. The second-order valence-corrected chi connectivity index (χ2v) is 5.55. The monoisotopic (exact) mass is 227 g/mol. The number of hydrogen-bond acceptors (Lipinski definition) is 3. The maximum Gasteiger partial charge on any atom is 0.410 e. The third kappa shape index (κ3) is 3.22. The van der Waals surface area contributed by atoms with Gasteiger partial charge in [0.05, 0.1) is 0 Å². The van der Waals surface area contributed by atoms with Gasteiger partial charge in [0, 0.05) is 24.9 Å². The van der Waals surface area contributed by atoms with Crippen molar-refractivity contribution in [3.8, 4) is 0 Å². The van der Waals surface area contributed by atoms with Crippen LogP contribution in [0.25, 0.3) is 0 Å². The van der Waals surface area contributed by atoms with E-state index in [9.17, 15) is 9.59 Å². The first-order valence-corrected chi connectivity index (χ1v) is 5.73. The van der Waals surface area contributed by atoms with Crippen LogP contribution in [0.4, 0.5) is 4.79 Å². The molecule has 0 radical (unpaired) electrons. The van der Waals surface area contributed by atoms with Gasteiger partial charge < -0.3 is 9.64 Å². The molecule has 1 rings (SSSR count). The lowest BCUT2D eigenvalue weighted by Crippen LogP contribution is -2.50. The Morgan fingerprint density at radius 2 is 1.94 bits per heavy atom. The molecule has 1 aliphatic heterocycles. The summed E-state index contributed by atoms with van der Waals surface area (Å²) >= 11 is 0. The summed E-state index contributed by atoms with van der Waals surface area (Å²) in [5.74, 6) is 0.149. The van der Waals surface area contributed by atoms with Crippen molar-refractivity contribution >= 4 is 11.9 Å². The molecule has 1 saturated heterocycles. The van der Waals surface area contributed by atoms with Crippen LogP contribution in [0.5, 0.6) is 0 Å². The smallest absolute Gasteiger partial charge is 0.410 e. The van der Waals surface area contributed by atoms with Crippen molar-refractivity contribution < 1.29 is 14.3 Å². The predicted molar refractivity (Wildman–Crippen MR) is 61.2 cm³/mol. The molecule has 0 N–H and O–H groups in total. The number of ether oxygens (including phenoxy) is 1. The van der Waals surface area contributed by atoms with Crippen molar-refractivity contribution in [3.05, 3.63) is 0 Å². The number of carbonyl (C=O) groups is 2. The van der Waals surface area contributed by atoms with Crippen LogP contribution >= 0.6 is 0 Å². The molecule has 4 heteroatoms. The van der Waals surface area contributed by atoms with Gasteiger partial charge in [-0.05, 0) is 27.7 Å². The van der Waals surface area contributed by atoms with Gasteiger partial charge in [-0.3, -0.25) is 4.79 Å². The molecule has 0 aromatic carbocycles. The van der Waals surface area contributed by atoms with Crippen molar-refractivity contribution in [2.45, 2.75) is 52.7 Å². The Kier molecular flexibility index (Phi) is 3.61. The van der Waals surface area contributed by atoms with Crippen molar-refractivity contribution in [2.24, 2.45) is 5.92 Å². The number of rotatable bonds is 0. The number of hydrogen-bond donors (Lipinski definition) is 0. The summed E-state index contributed by atoms with van der Waals surface area (Å²) in [6.07, 6.45) is 0.111. The Hall–Kier alpha value is -1.06. The predicted octanol–water partition coefficient (Wildman–Crippen LogP) is 2.22. The van der Waals surface area contributed by atoms with E-state index < -0.39 is 5.60 Å². The molecule has 0 saturated carbocycles. The Morgan fingerprint density at radius 3 is 2.44 bits per heavy atom. The summed E-state index contributed by atoms with van der Waals surface area (Å²) in [5, 5.41) is 0. The fraction of sp³-hybridized carbons (Fsp3) is 0.833. The molecule has 0 aromatic heterocycles. The number of amides is 1. The van der Waals surface area contributed by atoms with Crippen LogP contribution in [-0.4, -0.2) is 35.0 Å². The molecule has 0 aromatic rings. The summed E-state index contributed by atoms with van der Waals surface area (Å²) in [5.41, 5.74) is -0.485. The van der Waals surface area contributed by atoms with Gasteiger partial charge in [0.25, 0.3) is 0 Å². The second-order valence-electron chi connectivity index (χ2n) is 5.55. The lowest BCUT2D eigenvalue weighted by molar-refractivity contribution is -0.126. The van der Waals surface area contributed by atoms with Crippen molar-refractivity contribution in [2.75, 3.05) is 6.54 Å². The van der Waals surface area contributed by atoms with E-state index in [1.807, 2.05) is 34.6 Å². The molecule has 16 heavy (non-hydrogen) atoms. The van der Waals surface area contributed by atoms with Crippen molar-refractivity contribution in [1.82, 2.24) is 4.90 Å². The number of nitrogens with zero attached hydrogens (tertiary/aromatic N) is 1. The zero-order chi connectivity index (χ0) is 12.5. The molecule has 1 aliphatic rings. The number of carbonyl (C=O) groups excluding carboxylic acids is 2. The SMILES string of the molecule is C[C@H]1CN(C(=O)OC(C)(C)C)[C@@H](C)CC1=O. The zero-order valence-corrected chi connectivity index (χ0v) is 10.7. The molecule has 0 bridgehead atoms. The van der Waals surface area contributed by atoms with Crippen LogP contribution in [0.15, 0.2) is 0 Å². The van der Waals surface area contributed by atoms with Gasteiger partial charge in [-0.1, -0.05) is 6.92 Å². The van der Waals surface area contributed by atoms with E-state index in [1.54, 1.807) is 4.90 Å². The normalized spacial score (nSPS) is 26.8. The highest BCUT2D eigenvalue weighted by atomic mass is 16.6. The molecule has 0 unspecified atom stereocenters. The third-order valence-corrected chi connectivity index (χ3v) is 2.68. The van der Waals surface area contributed by atoms with Gasteiger partial charge in [-0.15, -0.1) is 0 Å². The maximum atomic E-state index is 11.9. The Morgan fingerprint density at radius 1 is 1.38 bits per heavy atom. The van der Waals surface area contributed by atoms with Gasteiger partial charge >= 0.3 is 6.09 Å². The van der Waals surface area contributed by atoms with Gasteiger partial charge in [-0.2, -0.15) is 0 Å². The van der Waals surface area contributed by atoms with E-state index in [0.717, 1.165) is 0 Å². The highest BCUT2D eigenvalue weighted by Gasteiger charge is 2.34. The van der Waals surface area contributed by atoms with Crippen LogP contribution in [0, 0.1) is 5.92 Å². The molecule has 4 nitrogen and oxygen atoms in total. The largest absolute Gasteiger partial charge is 0.444 e. The van der Waals surface area contributed by atoms with Crippen LogP contribution in [0.2, 0.25) is 0 Å². The molecular weight excluding hydrogens is 206 g/mol. The fourth-order valence-electron chi connectivity index (χ4n) is 1.75. The summed E-state index contributed by atoms with van der Waals surface area (Å²) in [7, 11) is 0. The first-order valence-electron chi connectivity index (χ1n) is 5.73. The van der Waals surface area contributed by atoms with Crippen LogP contribution in [0.1, 0.15) is 41.0 Å².